The number of hydrogen-bond donors (Lipinski definition) is 8. The van der Waals surface area contributed by atoms with Gasteiger partial charge in [0.2, 0.25) is 5.91 Å². The molecule has 0 aliphatic carbocycles. The van der Waals surface area contributed by atoms with E-state index in [-0.39, 0.29) is 12.3 Å². The molecule has 12 nitrogen and oxygen atoms in total. The molecular weight excluding hydrogens is 340 g/mol. The van der Waals surface area contributed by atoms with Gasteiger partial charge < -0.3 is 43.4 Å². The quantitative estimate of drug-likeness (QED) is 0.226. The average Bonchev–Trinajstić information content (AvgIpc) is 2.45. The van der Waals surface area contributed by atoms with Gasteiger partial charge in [0.05, 0.1) is 12.5 Å². The van der Waals surface area contributed by atoms with Crippen LogP contribution in [0.15, 0.2) is 0 Å². The monoisotopic (exact) mass is 368 g/mol. The maximum atomic E-state index is 10.0. The van der Waals surface area contributed by atoms with Crippen molar-refractivity contribution in [1.82, 2.24) is 0 Å². The molecule has 0 aliphatic heterocycles. The van der Waals surface area contributed by atoms with Gasteiger partial charge >= 0.3 is 17.9 Å². The van der Waals surface area contributed by atoms with E-state index in [0.717, 1.165) is 0 Å². The van der Waals surface area contributed by atoms with Gasteiger partial charge in [-0.25, -0.2) is 0 Å². The van der Waals surface area contributed by atoms with Crippen molar-refractivity contribution in [2.24, 2.45) is 28.9 Å². The second kappa shape index (κ2) is 14.1. The van der Waals surface area contributed by atoms with Gasteiger partial charge in [0.15, 0.2) is 0 Å². The van der Waals surface area contributed by atoms with Gasteiger partial charge in [-0.3, -0.25) is 19.2 Å². The van der Waals surface area contributed by atoms with Crippen molar-refractivity contribution in [2.45, 2.75) is 51.4 Å². The summed E-state index contributed by atoms with van der Waals surface area (Å²) < 4.78 is 0. The zero-order valence-electron chi connectivity index (χ0n) is 14.3. The van der Waals surface area contributed by atoms with E-state index in [1.54, 1.807) is 13.8 Å². The van der Waals surface area contributed by atoms with Crippen LogP contribution in [-0.4, -0.2) is 68.5 Å². The number of carbonyl (C=O) groups excluding carboxylic acids is 1. The first-order valence-electron chi connectivity index (χ1n) is 7.06. The summed E-state index contributed by atoms with van der Waals surface area (Å²) in [5, 5.41) is 32.9. The van der Waals surface area contributed by atoms with Gasteiger partial charge in [-0.2, -0.15) is 0 Å². The lowest BCUT2D eigenvalue weighted by Crippen LogP contribution is -2.39. The van der Waals surface area contributed by atoms with E-state index in [4.69, 9.17) is 37.6 Å². The number of aliphatic hydroxyl groups is 1. The molecule has 25 heavy (non-hydrogen) atoms. The van der Waals surface area contributed by atoms with Crippen LogP contribution in [0.3, 0.4) is 0 Å². The topological polar surface area (TPSA) is 253 Å². The Hall–Kier alpha value is -2.28. The first-order valence-corrected chi connectivity index (χ1v) is 7.06. The van der Waals surface area contributed by atoms with Crippen LogP contribution in [-0.2, 0) is 19.2 Å². The van der Waals surface area contributed by atoms with Crippen molar-refractivity contribution in [3.63, 3.8) is 0 Å². The minimum absolute atomic E-state index is 0.0208. The summed E-state index contributed by atoms with van der Waals surface area (Å²) in [5.74, 6) is -4.01. The average molecular weight is 368 g/mol. The zero-order valence-corrected chi connectivity index (χ0v) is 14.3. The predicted octanol–water partition coefficient (Wildman–Crippen LogP) is -2.89. The van der Waals surface area contributed by atoms with E-state index in [2.05, 4.69) is 5.73 Å². The van der Waals surface area contributed by atoms with E-state index in [0.29, 0.717) is 0 Å². The maximum Gasteiger partial charge on any atom is 0.323 e. The van der Waals surface area contributed by atoms with Crippen molar-refractivity contribution in [3.8, 4) is 0 Å². The molecule has 0 saturated carbocycles. The second-order valence-corrected chi connectivity index (χ2v) is 5.33. The number of rotatable bonds is 7. The van der Waals surface area contributed by atoms with E-state index in [1.165, 1.54) is 6.92 Å². The molecule has 0 rings (SSSR count). The second-order valence-electron chi connectivity index (χ2n) is 5.33. The molecule has 0 heterocycles. The molecule has 12 N–H and O–H groups in total. The minimum atomic E-state index is -1.21. The summed E-state index contributed by atoms with van der Waals surface area (Å²) >= 11 is 0. The highest BCUT2D eigenvalue weighted by molar-refractivity contribution is 5.83. The summed E-state index contributed by atoms with van der Waals surface area (Å²) in [6.45, 7) is 4.89. The highest BCUT2D eigenvalue weighted by Crippen LogP contribution is 1.96. The van der Waals surface area contributed by atoms with Crippen LogP contribution in [0.25, 0.3) is 0 Å². The fourth-order valence-electron chi connectivity index (χ4n) is 0.796. The molecule has 0 radical (unpaired) electrons. The normalized spacial score (nSPS) is 14.6. The predicted molar refractivity (Wildman–Crippen MR) is 87.2 cm³/mol. The standard InChI is InChI=1S/C5H11NO2.C4H8N2O3.C4H9NO3/c1-3(2)4(6)5(7)8;5-2(4(8)9)1-3(6)7;1-2(6)3(5)4(7)8/h3-4H,6H2,1-2H3,(H,7,8);2H,1,5H2,(H2,6,7)(H,8,9);2-3,6H,5H2,1H3,(H,7,8)/t4-;2-;2-,3+/m001/s1. The molecule has 0 spiro atoms. The Morgan fingerprint density at radius 1 is 0.800 bits per heavy atom. The van der Waals surface area contributed by atoms with Crippen LogP contribution in [0.4, 0.5) is 0 Å². The highest BCUT2D eigenvalue weighted by atomic mass is 16.4. The third-order valence-electron chi connectivity index (χ3n) is 2.55. The number of aliphatic hydroxyl groups excluding tert-OH is 1. The molecule has 1 amide bonds. The smallest absolute Gasteiger partial charge is 0.323 e. The van der Waals surface area contributed by atoms with E-state index in [1.807, 2.05) is 0 Å². The maximum absolute atomic E-state index is 10.0. The molecule has 12 heteroatoms. The van der Waals surface area contributed by atoms with Crippen LogP contribution in [0.1, 0.15) is 27.2 Å². The van der Waals surface area contributed by atoms with Crippen molar-refractivity contribution < 1.29 is 39.6 Å². The van der Waals surface area contributed by atoms with Crippen LogP contribution in [0.5, 0.6) is 0 Å². The molecule has 0 aliphatic rings. The fraction of sp³-hybridized carbons (Fsp3) is 0.692. The Morgan fingerprint density at radius 2 is 1.16 bits per heavy atom. The van der Waals surface area contributed by atoms with E-state index < -0.39 is 48.0 Å². The Kier molecular flexibility index (Phi) is 15.5. The number of amides is 1. The Bertz CT molecular complexity index is 418. The molecule has 0 saturated heterocycles. The lowest BCUT2D eigenvalue weighted by atomic mass is 10.1. The van der Waals surface area contributed by atoms with Crippen molar-refractivity contribution in [1.29, 1.82) is 0 Å². The number of nitrogens with two attached hydrogens (primary N) is 4. The summed E-state index contributed by atoms with van der Waals surface area (Å²) in [4.78, 5) is 39.8. The van der Waals surface area contributed by atoms with Gasteiger partial charge in [0.1, 0.15) is 18.1 Å². The zero-order chi connectivity index (χ0) is 20.9. The van der Waals surface area contributed by atoms with Crippen LogP contribution < -0.4 is 22.9 Å². The Labute approximate surface area is 144 Å². The summed E-state index contributed by atoms with van der Waals surface area (Å²) in [6.07, 6.45) is -1.29. The van der Waals surface area contributed by atoms with Crippen LogP contribution in [0, 0.1) is 5.92 Å². The molecule has 0 aromatic heterocycles. The third-order valence-corrected chi connectivity index (χ3v) is 2.55. The molecule has 148 valence electrons. The number of primary amides is 1. The number of hydrogen-bond acceptors (Lipinski definition) is 8. The summed E-state index contributed by atoms with van der Waals surface area (Å²) in [7, 11) is 0. The molecule has 0 unspecified atom stereocenters. The number of carbonyl (C=O) groups is 4. The Balaban J connectivity index is -0.000000291. The lowest BCUT2D eigenvalue weighted by molar-refractivity contribution is -0.141. The number of carboxylic acid groups (broad SMARTS) is 3. The molecule has 4 atom stereocenters. The first-order chi connectivity index (χ1) is 11.1. The van der Waals surface area contributed by atoms with E-state index >= 15 is 0 Å². The largest absolute Gasteiger partial charge is 0.480 e. The first kappa shape index (κ1) is 27.6. The summed E-state index contributed by atoms with van der Waals surface area (Å²) in [5.41, 5.74) is 19.6. The van der Waals surface area contributed by atoms with Gasteiger partial charge in [-0.05, 0) is 12.8 Å². The number of aliphatic carboxylic acids is 3. The van der Waals surface area contributed by atoms with Crippen molar-refractivity contribution >= 4 is 23.8 Å². The number of carboxylic acids is 3. The Morgan fingerprint density at radius 3 is 1.20 bits per heavy atom. The van der Waals surface area contributed by atoms with Crippen molar-refractivity contribution in [2.75, 3.05) is 0 Å². The van der Waals surface area contributed by atoms with Gasteiger partial charge in [0.25, 0.3) is 0 Å². The lowest BCUT2D eigenvalue weighted by Gasteiger charge is -2.07. The van der Waals surface area contributed by atoms with E-state index in [9.17, 15) is 19.2 Å². The van der Waals surface area contributed by atoms with Gasteiger partial charge in [-0.1, -0.05) is 13.8 Å². The minimum Gasteiger partial charge on any atom is -0.480 e. The molecule has 0 aromatic carbocycles. The van der Waals surface area contributed by atoms with Crippen LogP contribution in [0.2, 0.25) is 0 Å². The SMILES string of the molecule is CC(C)[C@H](N)C(=O)O.C[C@@H](O)[C@H](N)C(=O)O.NC(=O)C[C@H](N)C(=O)O. The highest BCUT2D eigenvalue weighted by Gasteiger charge is 2.16. The van der Waals surface area contributed by atoms with Crippen molar-refractivity contribution in [3.05, 3.63) is 0 Å². The van der Waals surface area contributed by atoms with Gasteiger partial charge in [-0.15, -0.1) is 0 Å². The summed E-state index contributed by atoms with van der Waals surface area (Å²) in [6, 6.07) is -3.03. The molecule has 0 aromatic rings. The van der Waals surface area contributed by atoms with Crippen LogP contribution >= 0.6 is 0 Å². The molecular formula is C13H28N4O8. The van der Waals surface area contributed by atoms with Gasteiger partial charge in [0, 0.05) is 0 Å². The molecule has 0 bridgehead atoms. The fourth-order valence-corrected chi connectivity index (χ4v) is 0.796. The molecule has 0 fully saturated rings. The third kappa shape index (κ3) is 17.9.